The van der Waals surface area contributed by atoms with Crippen molar-refractivity contribution in [2.75, 3.05) is 7.05 Å². The van der Waals surface area contributed by atoms with E-state index in [9.17, 15) is 14.9 Å². The van der Waals surface area contributed by atoms with Crippen molar-refractivity contribution in [3.8, 4) is 28.8 Å². The zero-order valence-corrected chi connectivity index (χ0v) is 22.0. The third-order valence-corrected chi connectivity index (χ3v) is 6.84. The molecule has 0 unspecified atom stereocenters. The van der Waals surface area contributed by atoms with E-state index in [1.165, 1.54) is 7.05 Å². The number of imide groups is 1. The van der Waals surface area contributed by atoms with Gasteiger partial charge in [0.25, 0.3) is 11.8 Å². The van der Waals surface area contributed by atoms with Crippen LogP contribution in [0, 0.1) is 11.3 Å². The Morgan fingerprint density at radius 1 is 1.00 bits per heavy atom. The molecular weight excluding hydrogens is 512 g/mol. The minimum atomic E-state index is -0.610. The number of para-hydroxylation sites is 1. The third-order valence-electron chi connectivity index (χ3n) is 6.47. The molecule has 1 aromatic heterocycles. The van der Waals surface area contributed by atoms with E-state index in [0.29, 0.717) is 34.2 Å². The fraction of sp³-hybridized carbons (Fsp3) is 0.0968. The number of halogens is 1. The summed E-state index contributed by atoms with van der Waals surface area (Å²) in [5, 5.41) is 15.0. The Balaban J connectivity index is 1.59. The molecule has 1 aliphatic heterocycles. The Labute approximate surface area is 230 Å². The monoisotopic (exact) mass is 534 g/mol. The van der Waals surface area contributed by atoms with E-state index in [0.717, 1.165) is 21.7 Å². The molecule has 0 aliphatic carbocycles. The fourth-order valence-electron chi connectivity index (χ4n) is 4.29. The van der Waals surface area contributed by atoms with E-state index in [-0.39, 0.29) is 11.1 Å². The van der Waals surface area contributed by atoms with Crippen molar-refractivity contribution in [1.29, 1.82) is 5.26 Å². The molecule has 2 heterocycles. The van der Waals surface area contributed by atoms with Crippen molar-refractivity contribution in [3.63, 3.8) is 0 Å². The van der Waals surface area contributed by atoms with Crippen LogP contribution in [0.3, 0.4) is 0 Å². The van der Waals surface area contributed by atoms with Crippen LogP contribution in [0.4, 0.5) is 0 Å². The summed E-state index contributed by atoms with van der Waals surface area (Å²) >= 11 is 6.28. The average Bonchev–Trinajstić information content (AvgIpc) is 3.39. The number of hydrogen-bond donors (Lipinski definition) is 0. The Kier molecular flexibility index (Phi) is 7.13. The van der Waals surface area contributed by atoms with E-state index < -0.39 is 11.8 Å². The molecule has 0 fully saturated rings. The zero-order chi connectivity index (χ0) is 27.5. The normalized spacial score (nSPS) is 14.6. The number of carbonyl (C=O) groups is 2. The third kappa shape index (κ3) is 5.11. The first-order chi connectivity index (χ1) is 18.9. The van der Waals surface area contributed by atoms with E-state index >= 15 is 0 Å². The maximum absolute atomic E-state index is 13.1. The number of carbonyl (C=O) groups excluding carboxylic acids is 2. The molecule has 0 N–H and O–H groups in total. The molecule has 0 bridgehead atoms. The molecule has 3 aromatic carbocycles. The Hall–Kier alpha value is -4.93. The van der Waals surface area contributed by atoms with Gasteiger partial charge >= 0.3 is 0 Å². The number of rotatable bonds is 6. The molecule has 7 nitrogen and oxygen atoms in total. The van der Waals surface area contributed by atoms with Crippen LogP contribution < -0.4 is 4.74 Å². The highest BCUT2D eigenvalue weighted by atomic mass is 35.5. The summed E-state index contributed by atoms with van der Waals surface area (Å²) in [6.45, 7) is 1.91. The Morgan fingerprint density at radius 2 is 1.74 bits per heavy atom. The summed E-state index contributed by atoms with van der Waals surface area (Å²) in [4.78, 5) is 26.5. The topological polar surface area (TPSA) is 88.2 Å². The molecule has 1 aliphatic rings. The summed E-state index contributed by atoms with van der Waals surface area (Å²) in [6, 6.07) is 26.5. The van der Waals surface area contributed by atoms with E-state index in [1.807, 2.05) is 91.1 Å². The minimum absolute atomic E-state index is 0.0599. The average molecular weight is 535 g/mol. The van der Waals surface area contributed by atoms with Crippen LogP contribution in [0.5, 0.6) is 5.75 Å². The van der Waals surface area contributed by atoms with Gasteiger partial charge in [-0.2, -0.15) is 10.4 Å². The van der Waals surface area contributed by atoms with Gasteiger partial charge in [0.2, 0.25) is 0 Å². The first-order valence-electron chi connectivity index (χ1n) is 12.1. The van der Waals surface area contributed by atoms with Gasteiger partial charge in [-0.15, -0.1) is 0 Å². The maximum atomic E-state index is 13.1. The van der Waals surface area contributed by atoms with Crippen molar-refractivity contribution < 1.29 is 14.3 Å². The maximum Gasteiger partial charge on any atom is 0.271 e. The minimum Gasteiger partial charge on any atom is -0.489 e. The molecule has 0 saturated heterocycles. The second-order valence-corrected chi connectivity index (χ2v) is 9.37. The van der Waals surface area contributed by atoms with Gasteiger partial charge in [-0.3, -0.25) is 14.5 Å². The van der Waals surface area contributed by atoms with Crippen molar-refractivity contribution in [3.05, 3.63) is 118 Å². The number of benzene rings is 3. The molecule has 0 atom stereocenters. The van der Waals surface area contributed by atoms with Crippen molar-refractivity contribution in [1.82, 2.24) is 14.7 Å². The first kappa shape index (κ1) is 25.7. The molecule has 0 radical (unpaired) electrons. The number of nitrogens with zero attached hydrogens (tertiary/aromatic N) is 4. The largest absolute Gasteiger partial charge is 0.489 e. The van der Waals surface area contributed by atoms with Crippen LogP contribution in [0.15, 0.2) is 102 Å². The second kappa shape index (κ2) is 10.8. The molecule has 2 amide bonds. The molecule has 4 aromatic rings. The lowest BCUT2D eigenvalue weighted by atomic mass is 9.93. The van der Waals surface area contributed by atoms with Crippen LogP contribution in [0.2, 0.25) is 5.02 Å². The summed E-state index contributed by atoms with van der Waals surface area (Å²) in [5.74, 6) is -0.463. The van der Waals surface area contributed by atoms with Crippen molar-refractivity contribution in [2.24, 2.45) is 0 Å². The van der Waals surface area contributed by atoms with Gasteiger partial charge in [0.05, 0.1) is 5.69 Å². The highest BCUT2D eigenvalue weighted by Gasteiger charge is 2.33. The van der Waals surface area contributed by atoms with Crippen LogP contribution in [-0.4, -0.2) is 33.5 Å². The summed E-state index contributed by atoms with van der Waals surface area (Å²) in [7, 11) is 1.37. The van der Waals surface area contributed by atoms with Gasteiger partial charge in [0.15, 0.2) is 0 Å². The predicted octanol–water partition coefficient (Wildman–Crippen LogP) is 5.99. The smallest absolute Gasteiger partial charge is 0.271 e. The fourth-order valence-corrected chi connectivity index (χ4v) is 4.48. The van der Waals surface area contributed by atoms with E-state index in [2.05, 4.69) is 0 Å². The van der Waals surface area contributed by atoms with Crippen LogP contribution >= 0.6 is 11.6 Å². The van der Waals surface area contributed by atoms with Crippen molar-refractivity contribution in [2.45, 2.75) is 13.5 Å². The summed E-state index contributed by atoms with van der Waals surface area (Å²) in [5.41, 5.74) is 4.25. The van der Waals surface area contributed by atoms with Crippen LogP contribution in [0.25, 0.3) is 23.0 Å². The SMILES string of the molecule is CC1=C(C#N)C(=O)N(C)C(=O)/C1=C/c1cn(-c2ccccc2)nc1-c1cccc(OCc2ccccc2Cl)c1. The Morgan fingerprint density at radius 3 is 2.49 bits per heavy atom. The lowest BCUT2D eigenvalue weighted by Crippen LogP contribution is -2.39. The number of likely N-dealkylation sites (N-methyl/N-ethyl adjacent to an activating group) is 1. The molecule has 192 valence electrons. The highest BCUT2D eigenvalue weighted by molar-refractivity contribution is 6.31. The van der Waals surface area contributed by atoms with Gasteiger partial charge in [0.1, 0.15) is 29.7 Å². The zero-order valence-electron chi connectivity index (χ0n) is 21.3. The summed E-state index contributed by atoms with van der Waals surface area (Å²) < 4.78 is 7.76. The standard InChI is InChI=1S/C31H23ClN4O3/c1-20-26(30(37)35(2)31(38)27(20)17-33)16-23-18-36(24-11-4-3-5-12-24)34-29(23)21-10-8-13-25(15-21)39-19-22-9-6-7-14-28(22)32/h3-16,18H,19H2,1-2H3/b26-16+. The lowest BCUT2D eigenvalue weighted by Gasteiger charge is -2.23. The molecule has 8 heteroatoms. The first-order valence-corrected chi connectivity index (χ1v) is 12.5. The summed E-state index contributed by atoms with van der Waals surface area (Å²) in [6.07, 6.45) is 3.50. The van der Waals surface area contributed by atoms with Crippen LogP contribution in [-0.2, 0) is 16.2 Å². The lowest BCUT2D eigenvalue weighted by molar-refractivity contribution is -0.138. The number of hydrogen-bond acceptors (Lipinski definition) is 5. The van der Waals surface area contributed by atoms with Gasteiger partial charge in [-0.25, -0.2) is 4.68 Å². The van der Waals surface area contributed by atoms with Crippen molar-refractivity contribution >= 4 is 29.5 Å². The van der Waals surface area contributed by atoms with E-state index in [1.54, 1.807) is 17.7 Å². The molecule has 39 heavy (non-hydrogen) atoms. The number of amides is 2. The molecular formula is C31H23ClN4O3. The van der Waals surface area contributed by atoms with E-state index in [4.69, 9.17) is 21.4 Å². The predicted molar refractivity (Wildman–Crippen MR) is 149 cm³/mol. The van der Waals surface area contributed by atoms with Gasteiger partial charge < -0.3 is 4.74 Å². The highest BCUT2D eigenvalue weighted by Crippen LogP contribution is 2.32. The van der Waals surface area contributed by atoms with Gasteiger partial charge in [-0.05, 0) is 48.9 Å². The number of ether oxygens (including phenoxy) is 1. The Bertz CT molecular complexity index is 1700. The number of nitriles is 1. The second-order valence-electron chi connectivity index (χ2n) is 8.96. The number of aromatic nitrogens is 2. The quantitative estimate of drug-likeness (QED) is 0.224. The molecule has 5 rings (SSSR count). The molecule has 0 saturated carbocycles. The van der Waals surface area contributed by atoms with Gasteiger partial charge in [0, 0.05) is 40.5 Å². The molecule has 0 spiro atoms. The van der Waals surface area contributed by atoms with Crippen LogP contribution in [0.1, 0.15) is 18.1 Å². The van der Waals surface area contributed by atoms with Gasteiger partial charge in [-0.1, -0.05) is 60.1 Å².